The van der Waals surface area contributed by atoms with E-state index in [-0.39, 0.29) is 17.9 Å². The number of amides is 1. The Bertz CT molecular complexity index is 706. The molecule has 6 heteroatoms. The van der Waals surface area contributed by atoms with Crippen LogP contribution in [0, 0.1) is 12.9 Å². The smallest absolute Gasteiger partial charge is 0.238 e. The highest BCUT2D eigenvalue weighted by Crippen LogP contribution is 2.17. The molecular formula is C18H20FN3O2. The van der Waals surface area contributed by atoms with E-state index in [0.717, 1.165) is 24.2 Å². The lowest BCUT2D eigenvalue weighted by molar-refractivity contribution is -0.117. The largest absolute Gasteiger partial charge is 0.473 e. The van der Waals surface area contributed by atoms with Crippen LogP contribution in [0.25, 0.3) is 0 Å². The number of benzene rings is 1. The van der Waals surface area contributed by atoms with Crippen molar-refractivity contribution in [1.29, 1.82) is 0 Å². The second-order valence-corrected chi connectivity index (χ2v) is 5.98. The topological polar surface area (TPSA) is 54.5 Å². The molecule has 0 aliphatic carbocycles. The van der Waals surface area contributed by atoms with Gasteiger partial charge in [-0.2, -0.15) is 9.37 Å². The Labute approximate surface area is 140 Å². The third-order valence-electron chi connectivity index (χ3n) is 3.91. The quantitative estimate of drug-likeness (QED) is 0.857. The molecule has 0 spiro atoms. The number of anilines is 1. The normalized spacial score (nSPS) is 17.7. The number of ether oxygens (including phenoxy) is 1. The molecule has 1 aromatic heterocycles. The molecule has 1 aromatic carbocycles. The maximum Gasteiger partial charge on any atom is 0.238 e. The molecule has 1 aliphatic rings. The Kier molecular flexibility index (Phi) is 5.05. The summed E-state index contributed by atoms with van der Waals surface area (Å²) in [6, 6.07) is 12.2. The SMILES string of the molecule is Cc1ccc(NC(=O)CN2CCC(Oc3cccc(F)n3)C2)cc1. The highest BCUT2D eigenvalue weighted by molar-refractivity contribution is 5.92. The first kappa shape index (κ1) is 16.4. The zero-order chi connectivity index (χ0) is 16.9. The van der Waals surface area contributed by atoms with Crippen LogP contribution in [0.4, 0.5) is 10.1 Å². The Hall–Kier alpha value is -2.47. The third kappa shape index (κ3) is 4.52. The molecule has 2 aromatic rings. The highest BCUT2D eigenvalue weighted by atomic mass is 19.1. The van der Waals surface area contributed by atoms with Gasteiger partial charge in [0.05, 0.1) is 6.54 Å². The minimum absolute atomic E-state index is 0.0524. The number of hydrogen-bond acceptors (Lipinski definition) is 4. The lowest BCUT2D eigenvalue weighted by Crippen LogP contribution is -2.33. The lowest BCUT2D eigenvalue weighted by Gasteiger charge is -2.16. The number of pyridine rings is 1. The zero-order valence-corrected chi connectivity index (χ0v) is 13.5. The van der Waals surface area contributed by atoms with Crippen LogP contribution >= 0.6 is 0 Å². The average Bonchev–Trinajstić information content (AvgIpc) is 2.96. The molecule has 0 saturated carbocycles. The van der Waals surface area contributed by atoms with Crippen molar-refractivity contribution in [1.82, 2.24) is 9.88 Å². The van der Waals surface area contributed by atoms with E-state index < -0.39 is 5.95 Å². The van der Waals surface area contributed by atoms with Gasteiger partial charge in [-0.05, 0) is 31.5 Å². The summed E-state index contributed by atoms with van der Waals surface area (Å²) in [5.74, 6) is -0.325. The summed E-state index contributed by atoms with van der Waals surface area (Å²) in [4.78, 5) is 17.8. The Morgan fingerprint density at radius 2 is 2.12 bits per heavy atom. The van der Waals surface area contributed by atoms with Gasteiger partial charge in [0.2, 0.25) is 17.7 Å². The summed E-state index contributed by atoms with van der Waals surface area (Å²) in [6.07, 6.45) is 0.710. The van der Waals surface area contributed by atoms with Crippen LogP contribution < -0.4 is 10.1 Å². The average molecular weight is 329 g/mol. The summed E-state index contributed by atoms with van der Waals surface area (Å²) >= 11 is 0. The Balaban J connectivity index is 1.47. The van der Waals surface area contributed by atoms with Crippen LogP contribution in [0.5, 0.6) is 5.88 Å². The van der Waals surface area contributed by atoms with Crippen LogP contribution in [0.1, 0.15) is 12.0 Å². The number of nitrogens with zero attached hydrogens (tertiary/aromatic N) is 2. The number of nitrogens with one attached hydrogen (secondary N) is 1. The van der Waals surface area contributed by atoms with E-state index in [1.165, 1.54) is 6.07 Å². The van der Waals surface area contributed by atoms with Crippen molar-refractivity contribution in [3.8, 4) is 5.88 Å². The van der Waals surface area contributed by atoms with Gasteiger partial charge in [-0.25, -0.2) is 0 Å². The van der Waals surface area contributed by atoms with Crippen molar-refractivity contribution in [2.75, 3.05) is 25.0 Å². The Morgan fingerprint density at radius 1 is 1.33 bits per heavy atom. The molecule has 24 heavy (non-hydrogen) atoms. The zero-order valence-electron chi connectivity index (χ0n) is 13.5. The first-order valence-corrected chi connectivity index (χ1v) is 7.96. The molecule has 1 fully saturated rings. The van der Waals surface area contributed by atoms with Crippen LogP contribution in [-0.4, -0.2) is 41.5 Å². The molecule has 1 unspecified atom stereocenters. The number of aryl methyl sites for hydroxylation is 1. The van der Waals surface area contributed by atoms with Gasteiger partial charge in [0.1, 0.15) is 6.10 Å². The number of aromatic nitrogens is 1. The molecule has 5 nitrogen and oxygen atoms in total. The summed E-state index contributed by atoms with van der Waals surface area (Å²) < 4.78 is 18.7. The molecule has 126 valence electrons. The number of hydrogen-bond donors (Lipinski definition) is 1. The first-order chi connectivity index (χ1) is 11.6. The maximum absolute atomic E-state index is 13.1. The maximum atomic E-state index is 13.1. The van der Waals surface area contributed by atoms with Crippen LogP contribution in [0.3, 0.4) is 0 Å². The van der Waals surface area contributed by atoms with E-state index in [9.17, 15) is 9.18 Å². The molecule has 3 rings (SSSR count). The predicted molar refractivity (Wildman–Crippen MR) is 89.5 cm³/mol. The van der Waals surface area contributed by atoms with Crippen molar-refractivity contribution in [2.45, 2.75) is 19.4 Å². The number of halogens is 1. The molecule has 1 aliphatic heterocycles. The minimum atomic E-state index is -0.556. The second kappa shape index (κ2) is 7.40. The van der Waals surface area contributed by atoms with Crippen LogP contribution in [-0.2, 0) is 4.79 Å². The van der Waals surface area contributed by atoms with Crippen molar-refractivity contribution >= 4 is 11.6 Å². The van der Waals surface area contributed by atoms with E-state index in [1.807, 2.05) is 36.1 Å². The molecule has 1 N–H and O–H groups in total. The van der Waals surface area contributed by atoms with Gasteiger partial charge < -0.3 is 10.1 Å². The Morgan fingerprint density at radius 3 is 2.88 bits per heavy atom. The number of carbonyl (C=O) groups is 1. The molecule has 1 saturated heterocycles. The van der Waals surface area contributed by atoms with E-state index in [0.29, 0.717) is 13.1 Å². The summed E-state index contributed by atoms with van der Waals surface area (Å²) in [7, 11) is 0. The van der Waals surface area contributed by atoms with E-state index in [2.05, 4.69) is 10.3 Å². The summed E-state index contributed by atoms with van der Waals surface area (Å²) in [5.41, 5.74) is 1.94. The van der Waals surface area contributed by atoms with E-state index in [4.69, 9.17) is 4.74 Å². The van der Waals surface area contributed by atoms with E-state index in [1.54, 1.807) is 12.1 Å². The van der Waals surface area contributed by atoms with Gasteiger partial charge in [0, 0.05) is 24.8 Å². The standard InChI is InChI=1S/C18H20FN3O2/c1-13-5-7-14(8-6-13)20-17(23)12-22-10-9-15(11-22)24-18-4-2-3-16(19)21-18/h2-8,15H,9-12H2,1H3,(H,20,23). The fraction of sp³-hybridized carbons (Fsp3) is 0.333. The summed E-state index contributed by atoms with van der Waals surface area (Å²) in [6.45, 7) is 3.70. The molecular weight excluding hydrogens is 309 g/mol. The minimum Gasteiger partial charge on any atom is -0.473 e. The number of carbonyl (C=O) groups excluding carboxylic acids is 1. The van der Waals surface area contributed by atoms with Gasteiger partial charge in [0.15, 0.2) is 0 Å². The van der Waals surface area contributed by atoms with Crippen LogP contribution in [0.2, 0.25) is 0 Å². The number of likely N-dealkylation sites (tertiary alicyclic amines) is 1. The van der Waals surface area contributed by atoms with Gasteiger partial charge in [-0.15, -0.1) is 0 Å². The van der Waals surface area contributed by atoms with E-state index >= 15 is 0 Å². The van der Waals surface area contributed by atoms with Gasteiger partial charge in [0.25, 0.3) is 0 Å². The highest BCUT2D eigenvalue weighted by Gasteiger charge is 2.25. The molecule has 2 heterocycles. The van der Waals surface area contributed by atoms with Crippen molar-refractivity contribution < 1.29 is 13.9 Å². The monoisotopic (exact) mass is 329 g/mol. The molecule has 1 amide bonds. The molecule has 0 bridgehead atoms. The third-order valence-corrected chi connectivity index (χ3v) is 3.91. The van der Waals surface area contributed by atoms with Crippen molar-refractivity contribution in [2.24, 2.45) is 0 Å². The van der Waals surface area contributed by atoms with Gasteiger partial charge >= 0.3 is 0 Å². The van der Waals surface area contributed by atoms with Crippen molar-refractivity contribution in [3.63, 3.8) is 0 Å². The predicted octanol–water partition coefficient (Wildman–Crippen LogP) is 2.62. The fourth-order valence-corrected chi connectivity index (χ4v) is 2.70. The second-order valence-electron chi connectivity index (χ2n) is 5.98. The molecule has 0 radical (unpaired) electrons. The van der Waals surface area contributed by atoms with Gasteiger partial charge in [-0.3, -0.25) is 9.69 Å². The van der Waals surface area contributed by atoms with Crippen LogP contribution in [0.15, 0.2) is 42.5 Å². The fourth-order valence-electron chi connectivity index (χ4n) is 2.70. The lowest BCUT2D eigenvalue weighted by atomic mass is 10.2. The van der Waals surface area contributed by atoms with Gasteiger partial charge in [-0.1, -0.05) is 23.8 Å². The van der Waals surface area contributed by atoms with Crippen molar-refractivity contribution in [3.05, 3.63) is 54.0 Å². The first-order valence-electron chi connectivity index (χ1n) is 7.96. The summed E-state index contributed by atoms with van der Waals surface area (Å²) in [5, 5.41) is 2.88. The number of rotatable bonds is 5. The molecule has 1 atom stereocenters.